The molecule has 0 aliphatic rings. The van der Waals surface area contributed by atoms with Gasteiger partial charge in [-0.05, 0) is 48.0 Å². The molecular weight excluding hydrogens is 384 g/mol. The van der Waals surface area contributed by atoms with Crippen molar-refractivity contribution in [2.75, 3.05) is 0 Å². The summed E-state index contributed by atoms with van der Waals surface area (Å²) in [5, 5.41) is 1.77. The fourth-order valence-electron chi connectivity index (χ4n) is 2.75. The first-order chi connectivity index (χ1) is 11.7. The topological polar surface area (TPSA) is 25.8 Å². The lowest BCUT2D eigenvalue weighted by atomic mass is 9.99. The predicted octanol–water partition coefficient (Wildman–Crippen LogP) is 6.38. The van der Waals surface area contributed by atoms with Crippen LogP contribution < -0.4 is 0 Å². The van der Waals surface area contributed by atoms with Crippen LogP contribution in [0.15, 0.2) is 77.4 Å². The van der Waals surface area contributed by atoms with Gasteiger partial charge in [0.05, 0.1) is 16.9 Å². The highest BCUT2D eigenvalue weighted by Gasteiger charge is 2.12. The summed E-state index contributed by atoms with van der Waals surface area (Å²) in [6.45, 7) is 0. The number of hydrogen-bond acceptors (Lipinski definition) is 2. The van der Waals surface area contributed by atoms with Gasteiger partial charge in [-0.2, -0.15) is 0 Å². The molecule has 0 aliphatic heterocycles. The van der Waals surface area contributed by atoms with Crippen LogP contribution in [0.1, 0.15) is 0 Å². The smallest absolute Gasteiger partial charge is 0.0900 e. The van der Waals surface area contributed by atoms with Crippen molar-refractivity contribution in [3.63, 3.8) is 0 Å². The SMILES string of the molecule is Clc1ccccc1-c1cc(-c2ccccn2)nc2ccc(Br)cc12. The molecule has 0 saturated heterocycles. The Balaban J connectivity index is 2.06. The summed E-state index contributed by atoms with van der Waals surface area (Å²) in [4.78, 5) is 9.20. The van der Waals surface area contributed by atoms with Crippen molar-refractivity contribution in [2.24, 2.45) is 0 Å². The summed E-state index contributed by atoms with van der Waals surface area (Å²) in [7, 11) is 0. The maximum atomic E-state index is 6.45. The van der Waals surface area contributed by atoms with E-state index in [0.29, 0.717) is 0 Å². The Hall–Kier alpha value is -2.23. The lowest BCUT2D eigenvalue weighted by molar-refractivity contribution is 1.28. The van der Waals surface area contributed by atoms with Gasteiger partial charge in [-0.25, -0.2) is 4.98 Å². The molecular formula is C20H12BrClN2. The third-order valence-corrected chi connectivity index (χ3v) is 4.68. The van der Waals surface area contributed by atoms with E-state index in [2.05, 4.69) is 33.0 Å². The normalized spacial score (nSPS) is 10.9. The van der Waals surface area contributed by atoms with E-state index in [9.17, 15) is 0 Å². The minimum Gasteiger partial charge on any atom is -0.255 e. The zero-order valence-electron chi connectivity index (χ0n) is 12.6. The monoisotopic (exact) mass is 394 g/mol. The Bertz CT molecular complexity index is 1030. The number of benzene rings is 2. The van der Waals surface area contributed by atoms with Crippen molar-refractivity contribution in [2.45, 2.75) is 0 Å². The van der Waals surface area contributed by atoms with Gasteiger partial charge >= 0.3 is 0 Å². The second-order valence-electron chi connectivity index (χ2n) is 5.41. The van der Waals surface area contributed by atoms with Gasteiger partial charge < -0.3 is 0 Å². The molecule has 0 radical (unpaired) electrons. The Labute approximate surface area is 153 Å². The third kappa shape index (κ3) is 2.81. The number of rotatable bonds is 2. The molecule has 4 rings (SSSR count). The Morgan fingerprint density at radius 1 is 0.792 bits per heavy atom. The van der Waals surface area contributed by atoms with Gasteiger partial charge in [0.25, 0.3) is 0 Å². The molecule has 0 bridgehead atoms. The summed E-state index contributed by atoms with van der Waals surface area (Å²) < 4.78 is 1.01. The largest absolute Gasteiger partial charge is 0.255 e. The van der Waals surface area contributed by atoms with Crippen molar-refractivity contribution >= 4 is 38.4 Å². The van der Waals surface area contributed by atoms with Crippen molar-refractivity contribution in [1.29, 1.82) is 0 Å². The second kappa shape index (κ2) is 6.34. The lowest BCUT2D eigenvalue weighted by Gasteiger charge is -2.11. The summed E-state index contributed by atoms with van der Waals surface area (Å²) in [6, 6.07) is 21.8. The zero-order chi connectivity index (χ0) is 16.5. The predicted molar refractivity (Wildman–Crippen MR) is 103 cm³/mol. The Morgan fingerprint density at radius 3 is 2.42 bits per heavy atom. The highest BCUT2D eigenvalue weighted by atomic mass is 79.9. The molecule has 0 N–H and O–H groups in total. The molecule has 0 spiro atoms. The van der Waals surface area contributed by atoms with E-state index >= 15 is 0 Å². The van der Waals surface area contributed by atoms with Gasteiger partial charge in [-0.3, -0.25) is 4.98 Å². The number of hydrogen-bond donors (Lipinski definition) is 0. The Kier molecular flexibility index (Phi) is 4.05. The summed E-state index contributed by atoms with van der Waals surface area (Å²) in [5.41, 5.74) is 4.63. The van der Waals surface area contributed by atoms with E-state index in [4.69, 9.17) is 16.6 Å². The molecule has 116 valence electrons. The van der Waals surface area contributed by atoms with Crippen LogP contribution in [-0.4, -0.2) is 9.97 Å². The molecule has 2 aromatic heterocycles. The van der Waals surface area contributed by atoms with Crippen LogP contribution in [0.4, 0.5) is 0 Å². The minimum atomic E-state index is 0.719. The van der Waals surface area contributed by atoms with E-state index < -0.39 is 0 Å². The van der Waals surface area contributed by atoms with Crippen LogP contribution in [0.3, 0.4) is 0 Å². The second-order valence-corrected chi connectivity index (χ2v) is 6.73. The third-order valence-electron chi connectivity index (χ3n) is 3.86. The number of pyridine rings is 2. The highest BCUT2D eigenvalue weighted by Crippen LogP contribution is 2.36. The van der Waals surface area contributed by atoms with Crippen LogP contribution in [0.25, 0.3) is 33.4 Å². The summed E-state index contributed by atoms with van der Waals surface area (Å²) in [6.07, 6.45) is 1.78. The molecule has 24 heavy (non-hydrogen) atoms. The average molecular weight is 396 g/mol. The maximum absolute atomic E-state index is 6.45. The molecule has 0 fully saturated rings. The van der Waals surface area contributed by atoms with Gasteiger partial charge in [0.15, 0.2) is 0 Å². The van der Waals surface area contributed by atoms with Gasteiger partial charge in [0.1, 0.15) is 0 Å². The molecule has 0 unspecified atom stereocenters. The van der Waals surface area contributed by atoms with Crippen molar-refractivity contribution in [1.82, 2.24) is 9.97 Å². The summed E-state index contributed by atoms with van der Waals surface area (Å²) >= 11 is 10.00. The molecule has 2 heterocycles. The molecule has 0 amide bonds. The molecule has 0 saturated carbocycles. The Morgan fingerprint density at radius 2 is 1.62 bits per heavy atom. The van der Waals surface area contributed by atoms with Gasteiger partial charge in [-0.15, -0.1) is 0 Å². The first-order valence-corrected chi connectivity index (χ1v) is 8.66. The van der Waals surface area contributed by atoms with Crippen molar-refractivity contribution in [3.8, 4) is 22.5 Å². The fourth-order valence-corrected chi connectivity index (χ4v) is 3.34. The zero-order valence-corrected chi connectivity index (χ0v) is 14.9. The van der Waals surface area contributed by atoms with Crippen LogP contribution in [0.5, 0.6) is 0 Å². The fraction of sp³-hybridized carbons (Fsp3) is 0. The lowest BCUT2D eigenvalue weighted by Crippen LogP contribution is -1.92. The number of halogens is 2. The van der Waals surface area contributed by atoms with E-state index in [1.54, 1.807) is 6.20 Å². The maximum Gasteiger partial charge on any atom is 0.0900 e. The van der Waals surface area contributed by atoms with Gasteiger partial charge in [-0.1, -0.05) is 51.8 Å². The molecule has 4 heteroatoms. The molecule has 2 aromatic carbocycles. The van der Waals surface area contributed by atoms with Crippen LogP contribution in [0.2, 0.25) is 5.02 Å². The first kappa shape index (κ1) is 15.3. The van der Waals surface area contributed by atoms with Gasteiger partial charge in [0.2, 0.25) is 0 Å². The van der Waals surface area contributed by atoms with Crippen molar-refractivity contribution in [3.05, 3.63) is 82.4 Å². The van der Waals surface area contributed by atoms with E-state index in [1.165, 1.54) is 0 Å². The quantitative estimate of drug-likeness (QED) is 0.393. The van der Waals surface area contributed by atoms with Crippen LogP contribution in [0, 0.1) is 0 Å². The molecule has 0 atom stereocenters. The molecule has 2 nitrogen and oxygen atoms in total. The molecule has 0 aliphatic carbocycles. The van der Waals surface area contributed by atoms with Crippen molar-refractivity contribution < 1.29 is 0 Å². The molecule has 4 aromatic rings. The van der Waals surface area contributed by atoms with Crippen LogP contribution >= 0.6 is 27.5 Å². The average Bonchev–Trinajstić information content (AvgIpc) is 2.62. The summed E-state index contributed by atoms with van der Waals surface area (Å²) in [5.74, 6) is 0. The number of nitrogens with zero attached hydrogens (tertiary/aromatic N) is 2. The van der Waals surface area contributed by atoms with Gasteiger partial charge in [0, 0.05) is 26.6 Å². The number of fused-ring (bicyclic) bond motifs is 1. The first-order valence-electron chi connectivity index (χ1n) is 7.49. The van der Waals surface area contributed by atoms with Crippen LogP contribution in [-0.2, 0) is 0 Å². The minimum absolute atomic E-state index is 0.719. The highest BCUT2D eigenvalue weighted by molar-refractivity contribution is 9.10. The van der Waals surface area contributed by atoms with E-state index in [-0.39, 0.29) is 0 Å². The van der Waals surface area contributed by atoms with E-state index in [0.717, 1.165) is 42.9 Å². The number of aromatic nitrogens is 2. The standard InChI is InChI=1S/C20H12BrClN2/c21-13-8-9-18-16(11-13)15(14-5-1-2-6-17(14)22)12-20(24-18)19-7-3-4-10-23-19/h1-12H. The van der Waals surface area contributed by atoms with E-state index in [1.807, 2.05) is 54.6 Å².